The van der Waals surface area contributed by atoms with E-state index in [4.69, 9.17) is 0 Å². The van der Waals surface area contributed by atoms with Crippen LogP contribution in [-0.4, -0.2) is 42.3 Å². The van der Waals surface area contributed by atoms with Crippen LogP contribution in [0.3, 0.4) is 0 Å². The molecule has 3 unspecified atom stereocenters. The second-order valence-corrected chi connectivity index (χ2v) is 8.83. The Hall–Kier alpha value is -0.130. The summed E-state index contributed by atoms with van der Waals surface area (Å²) >= 11 is 0. The summed E-state index contributed by atoms with van der Waals surface area (Å²) in [6, 6.07) is 0.0304. The fraction of sp³-hybridized carbons (Fsp3) is 1.00. The summed E-state index contributed by atoms with van der Waals surface area (Å²) in [5.74, 6) is 0.525. The number of aliphatic hydroxyl groups excluding tert-OH is 1. The Morgan fingerprint density at radius 1 is 1.10 bits per heavy atom. The molecule has 0 spiro atoms. The second kappa shape index (κ2) is 6.75. The number of hydrogen-bond acceptors (Lipinski definition) is 3. The largest absolute Gasteiger partial charge is 0.393 e. The number of piperidine rings is 1. The molecule has 0 amide bonds. The maximum atomic E-state index is 12.6. The molecule has 3 atom stereocenters. The molecule has 2 rings (SSSR count). The summed E-state index contributed by atoms with van der Waals surface area (Å²) < 4.78 is 26.9. The average Bonchev–Trinajstić information content (AvgIpc) is 2.38. The van der Waals surface area contributed by atoms with Crippen molar-refractivity contribution in [3.05, 3.63) is 0 Å². The van der Waals surface area contributed by atoms with Crippen LogP contribution in [0, 0.1) is 11.8 Å². The monoisotopic (exact) mass is 303 g/mol. The second-order valence-electron chi connectivity index (χ2n) is 6.86. The minimum Gasteiger partial charge on any atom is -0.393 e. The van der Waals surface area contributed by atoms with Crippen LogP contribution in [0.25, 0.3) is 0 Å². The van der Waals surface area contributed by atoms with Crippen LogP contribution in [0.2, 0.25) is 0 Å². The maximum Gasteiger partial charge on any atom is 0.214 e. The highest BCUT2D eigenvalue weighted by Crippen LogP contribution is 2.35. The summed E-state index contributed by atoms with van der Waals surface area (Å²) in [6.07, 6.45) is 6.64. The quantitative estimate of drug-likeness (QED) is 0.867. The highest BCUT2D eigenvalue weighted by atomic mass is 32.2. The van der Waals surface area contributed by atoms with Gasteiger partial charge in [0.2, 0.25) is 10.0 Å². The third kappa shape index (κ3) is 3.74. The summed E-state index contributed by atoms with van der Waals surface area (Å²) in [5.41, 5.74) is 0. The van der Waals surface area contributed by atoms with Crippen molar-refractivity contribution in [1.82, 2.24) is 4.31 Å². The molecule has 0 aromatic carbocycles. The molecule has 1 heterocycles. The van der Waals surface area contributed by atoms with Gasteiger partial charge in [-0.3, -0.25) is 0 Å². The lowest BCUT2D eigenvalue weighted by atomic mass is 9.79. The van der Waals surface area contributed by atoms with E-state index in [0.29, 0.717) is 6.54 Å². The molecule has 0 aromatic heterocycles. The van der Waals surface area contributed by atoms with E-state index < -0.39 is 10.0 Å². The lowest BCUT2D eigenvalue weighted by Gasteiger charge is -2.43. The zero-order valence-corrected chi connectivity index (χ0v) is 13.6. The molecule has 1 aliphatic heterocycles. The van der Waals surface area contributed by atoms with Crippen molar-refractivity contribution in [1.29, 1.82) is 0 Å². The van der Waals surface area contributed by atoms with Gasteiger partial charge in [0.15, 0.2) is 0 Å². The van der Waals surface area contributed by atoms with E-state index in [9.17, 15) is 13.5 Å². The first-order chi connectivity index (χ1) is 9.42. The maximum absolute atomic E-state index is 12.6. The first-order valence-corrected chi connectivity index (χ1v) is 9.70. The van der Waals surface area contributed by atoms with E-state index in [-0.39, 0.29) is 29.7 Å². The molecular weight excluding hydrogens is 274 g/mol. The molecule has 118 valence electrons. The smallest absolute Gasteiger partial charge is 0.214 e. The van der Waals surface area contributed by atoms with Crippen molar-refractivity contribution in [3.63, 3.8) is 0 Å². The van der Waals surface area contributed by atoms with Crippen LogP contribution in [0.1, 0.15) is 58.8 Å². The van der Waals surface area contributed by atoms with Crippen LogP contribution in [-0.2, 0) is 10.0 Å². The zero-order valence-electron chi connectivity index (χ0n) is 12.8. The van der Waals surface area contributed by atoms with E-state index >= 15 is 0 Å². The predicted octanol–water partition coefficient (Wildman–Crippen LogP) is 2.38. The third-order valence-corrected chi connectivity index (χ3v) is 6.93. The molecule has 2 fully saturated rings. The fourth-order valence-electron chi connectivity index (χ4n) is 3.81. The summed E-state index contributed by atoms with van der Waals surface area (Å²) in [5, 5.41) is 10.3. The van der Waals surface area contributed by atoms with Crippen molar-refractivity contribution < 1.29 is 13.5 Å². The summed E-state index contributed by atoms with van der Waals surface area (Å²) in [6.45, 7) is 4.54. The molecule has 0 aromatic rings. The van der Waals surface area contributed by atoms with Crippen molar-refractivity contribution in [2.75, 3.05) is 12.3 Å². The fourth-order valence-corrected chi connectivity index (χ4v) is 5.93. The normalized spacial score (nSPS) is 33.5. The Bertz CT molecular complexity index is 407. The first kappa shape index (κ1) is 16.2. The Morgan fingerprint density at radius 3 is 2.40 bits per heavy atom. The van der Waals surface area contributed by atoms with E-state index in [1.807, 2.05) is 13.8 Å². The number of hydrogen-bond donors (Lipinski definition) is 1. The lowest BCUT2D eigenvalue weighted by Crippen LogP contribution is -2.52. The first-order valence-electron chi connectivity index (χ1n) is 8.09. The Morgan fingerprint density at radius 2 is 1.75 bits per heavy atom. The van der Waals surface area contributed by atoms with Crippen molar-refractivity contribution >= 4 is 10.0 Å². The van der Waals surface area contributed by atoms with Gasteiger partial charge in [-0.2, -0.15) is 4.31 Å². The number of rotatable bonds is 4. The molecular formula is C15H29NO3S. The number of nitrogens with zero attached hydrogens (tertiary/aromatic N) is 1. The Labute approximate surface area is 123 Å². The Balaban J connectivity index is 2.16. The zero-order chi connectivity index (χ0) is 14.8. The van der Waals surface area contributed by atoms with Gasteiger partial charge in [-0.15, -0.1) is 0 Å². The van der Waals surface area contributed by atoms with Crippen molar-refractivity contribution in [3.8, 4) is 0 Å². The van der Waals surface area contributed by atoms with Gasteiger partial charge in [0.1, 0.15) is 0 Å². The standard InChI is InChI=1S/C15H29NO3S/c1-12(2)11-20(18,19)16-10-6-5-8-14(16)13-7-3-4-9-15(13)17/h12-15,17H,3-11H2,1-2H3. The molecule has 2 aliphatic rings. The summed E-state index contributed by atoms with van der Waals surface area (Å²) in [4.78, 5) is 0. The average molecular weight is 303 g/mol. The van der Waals surface area contributed by atoms with E-state index in [1.165, 1.54) is 0 Å². The van der Waals surface area contributed by atoms with Gasteiger partial charge in [-0.25, -0.2) is 8.42 Å². The van der Waals surface area contributed by atoms with Crippen LogP contribution >= 0.6 is 0 Å². The molecule has 1 saturated heterocycles. The molecule has 5 heteroatoms. The van der Waals surface area contributed by atoms with E-state index in [0.717, 1.165) is 44.9 Å². The molecule has 0 bridgehead atoms. The SMILES string of the molecule is CC(C)CS(=O)(=O)N1CCCCC1C1CCCCC1O. The van der Waals surface area contributed by atoms with Crippen LogP contribution in [0.4, 0.5) is 0 Å². The van der Waals surface area contributed by atoms with Gasteiger partial charge < -0.3 is 5.11 Å². The van der Waals surface area contributed by atoms with Gasteiger partial charge in [-0.05, 0) is 31.6 Å². The van der Waals surface area contributed by atoms with Gasteiger partial charge in [0, 0.05) is 18.5 Å². The molecule has 4 nitrogen and oxygen atoms in total. The van der Waals surface area contributed by atoms with Gasteiger partial charge in [0.05, 0.1) is 11.9 Å². The topological polar surface area (TPSA) is 57.6 Å². The van der Waals surface area contributed by atoms with Crippen LogP contribution in [0.5, 0.6) is 0 Å². The van der Waals surface area contributed by atoms with Crippen LogP contribution in [0.15, 0.2) is 0 Å². The van der Waals surface area contributed by atoms with Gasteiger partial charge in [0.25, 0.3) is 0 Å². The molecule has 1 N–H and O–H groups in total. The van der Waals surface area contributed by atoms with E-state index in [2.05, 4.69) is 0 Å². The number of sulfonamides is 1. The molecule has 0 radical (unpaired) electrons. The molecule has 1 saturated carbocycles. The minimum atomic E-state index is -3.18. The predicted molar refractivity (Wildman–Crippen MR) is 80.9 cm³/mol. The lowest BCUT2D eigenvalue weighted by molar-refractivity contribution is 0.0203. The third-order valence-electron chi connectivity index (χ3n) is 4.68. The molecule has 1 aliphatic carbocycles. The van der Waals surface area contributed by atoms with Gasteiger partial charge in [-0.1, -0.05) is 33.1 Å². The molecule has 20 heavy (non-hydrogen) atoms. The number of aliphatic hydroxyl groups is 1. The van der Waals surface area contributed by atoms with Crippen molar-refractivity contribution in [2.45, 2.75) is 70.9 Å². The van der Waals surface area contributed by atoms with Gasteiger partial charge >= 0.3 is 0 Å². The van der Waals surface area contributed by atoms with Crippen LogP contribution < -0.4 is 0 Å². The van der Waals surface area contributed by atoms with Crippen molar-refractivity contribution in [2.24, 2.45) is 11.8 Å². The minimum absolute atomic E-state index is 0.0304. The van der Waals surface area contributed by atoms with E-state index in [1.54, 1.807) is 4.31 Å². The highest BCUT2D eigenvalue weighted by molar-refractivity contribution is 7.89. The Kier molecular flexibility index (Phi) is 5.49. The highest BCUT2D eigenvalue weighted by Gasteiger charge is 2.40. The summed E-state index contributed by atoms with van der Waals surface area (Å²) in [7, 11) is -3.18.